The molecule has 0 aliphatic carbocycles. The summed E-state index contributed by atoms with van der Waals surface area (Å²) in [7, 11) is 0. The van der Waals surface area contributed by atoms with Crippen molar-refractivity contribution < 1.29 is 0 Å². The Morgan fingerprint density at radius 2 is 2.11 bits per heavy atom. The minimum absolute atomic E-state index is 0.00350. The van der Waals surface area contributed by atoms with Gasteiger partial charge in [-0.25, -0.2) is 0 Å². The smallest absolute Gasteiger partial charge is 0.304 e. The summed E-state index contributed by atoms with van der Waals surface area (Å²) >= 11 is 2.95. The predicted octanol–water partition coefficient (Wildman–Crippen LogP) is 3.01. The van der Waals surface area contributed by atoms with Gasteiger partial charge in [0, 0.05) is 28.6 Å². The SMILES string of the molecule is CSc1ccc(C(C)NCc2csc(=O)[nH]2)cc1. The maximum atomic E-state index is 11.0. The van der Waals surface area contributed by atoms with Crippen LogP contribution < -0.4 is 10.2 Å². The molecule has 0 saturated carbocycles. The molecule has 0 radical (unpaired) electrons. The Kier molecular flexibility index (Phi) is 4.63. The first-order valence-corrected chi connectivity index (χ1v) is 7.83. The molecule has 0 saturated heterocycles. The van der Waals surface area contributed by atoms with E-state index in [-0.39, 0.29) is 10.9 Å². The molecule has 0 aliphatic heterocycles. The quantitative estimate of drug-likeness (QED) is 0.828. The van der Waals surface area contributed by atoms with Gasteiger partial charge in [0.25, 0.3) is 0 Å². The third-order valence-corrected chi connectivity index (χ3v) is 4.25. The third-order valence-electron chi connectivity index (χ3n) is 2.79. The van der Waals surface area contributed by atoms with Crippen LogP contribution >= 0.6 is 23.1 Å². The molecular weight excluding hydrogens is 264 g/mol. The van der Waals surface area contributed by atoms with Crippen LogP contribution in [0.5, 0.6) is 0 Å². The normalized spacial score (nSPS) is 12.6. The van der Waals surface area contributed by atoms with Crippen molar-refractivity contribution in [3.63, 3.8) is 0 Å². The summed E-state index contributed by atoms with van der Waals surface area (Å²) in [5.74, 6) is 0. The Balaban J connectivity index is 1.94. The molecule has 0 amide bonds. The second kappa shape index (κ2) is 6.22. The van der Waals surface area contributed by atoms with Crippen LogP contribution in [0.15, 0.2) is 39.3 Å². The first kappa shape index (κ1) is 13.4. The van der Waals surface area contributed by atoms with E-state index in [4.69, 9.17) is 0 Å². The molecule has 1 aromatic heterocycles. The Bertz CT molecular complexity index is 545. The van der Waals surface area contributed by atoms with Gasteiger partial charge in [-0.2, -0.15) is 0 Å². The van der Waals surface area contributed by atoms with Crippen molar-refractivity contribution in [2.45, 2.75) is 24.4 Å². The molecule has 5 heteroatoms. The van der Waals surface area contributed by atoms with Crippen molar-refractivity contribution in [2.24, 2.45) is 0 Å². The molecule has 0 fully saturated rings. The second-order valence-electron chi connectivity index (χ2n) is 4.05. The van der Waals surface area contributed by atoms with Gasteiger partial charge >= 0.3 is 4.87 Å². The summed E-state index contributed by atoms with van der Waals surface area (Å²) < 4.78 is 0. The molecule has 1 aromatic carbocycles. The van der Waals surface area contributed by atoms with Gasteiger partial charge in [0.1, 0.15) is 0 Å². The van der Waals surface area contributed by atoms with Crippen LogP contribution in [-0.2, 0) is 6.54 Å². The zero-order chi connectivity index (χ0) is 13.0. The fourth-order valence-electron chi connectivity index (χ4n) is 1.67. The minimum Gasteiger partial charge on any atom is -0.315 e. The van der Waals surface area contributed by atoms with Gasteiger partial charge in [-0.1, -0.05) is 23.5 Å². The number of thioether (sulfide) groups is 1. The molecule has 2 N–H and O–H groups in total. The number of benzene rings is 1. The second-order valence-corrected chi connectivity index (χ2v) is 5.77. The standard InChI is InChI=1S/C13H16N2OS2/c1-9(10-3-5-12(17-2)6-4-10)14-7-11-8-18-13(16)15-11/h3-6,8-9,14H,7H2,1-2H3,(H,15,16). The highest BCUT2D eigenvalue weighted by Crippen LogP contribution is 2.19. The van der Waals surface area contributed by atoms with Crippen molar-refractivity contribution in [2.75, 3.05) is 6.26 Å². The molecule has 18 heavy (non-hydrogen) atoms. The summed E-state index contributed by atoms with van der Waals surface area (Å²) in [6.45, 7) is 2.81. The summed E-state index contributed by atoms with van der Waals surface area (Å²) in [4.78, 5) is 15.1. The van der Waals surface area contributed by atoms with Crippen LogP contribution in [0, 0.1) is 0 Å². The van der Waals surface area contributed by atoms with Gasteiger partial charge in [0.05, 0.1) is 0 Å². The lowest BCUT2D eigenvalue weighted by atomic mass is 10.1. The van der Waals surface area contributed by atoms with Crippen LogP contribution in [0.1, 0.15) is 24.2 Å². The van der Waals surface area contributed by atoms with E-state index in [2.05, 4.69) is 47.7 Å². The van der Waals surface area contributed by atoms with Crippen molar-refractivity contribution in [3.8, 4) is 0 Å². The van der Waals surface area contributed by atoms with Gasteiger partial charge in [0.2, 0.25) is 0 Å². The Morgan fingerprint density at radius 3 is 2.67 bits per heavy atom. The van der Waals surface area contributed by atoms with Crippen LogP contribution in [0.4, 0.5) is 0 Å². The van der Waals surface area contributed by atoms with E-state index >= 15 is 0 Å². The summed E-state index contributed by atoms with van der Waals surface area (Å²) in [6, 6.07) is 8.80. The van der Waals surface area contributed by atoms with Crippen molar-refractivity contribution in [3.05, 3.63) is 50.6 Å². The number of H-pyrrole nitrogens is 1. The first-order valence-electron chi connectivity index (χ1n) is 5.73. The minimum atomic E-state index is 0.00350. The molecular formula is C13H16N2OS2. The average molecular weight is 280 g/mol. The van der Waals surface area contributed by atoms with Crippen molar-refractivity contribution in [1.29, 1.82) is 0 Å². The van der Waals surface area contributed by atoms with Gasteiger partial charge in [-0.05, 0) is 30.9 Å². The molecule has 0 aliphatic rings. The Labute approximate surface area is 115 Å². The van der Waals surface area contributed by atoms with E-state index in [1.807, 2.05) is 5.38 Å². The average Bonchev–Trinajstić information content (AvgIpc) is 2.82. The monoisotopic (exact) mass is 280 g/mol. The summed E-state index contributed by atoms with van der Waals surface area (Å²) in [5.41, 5.74) is 2.20. The maximum absolute atomic E-state index is 11.0. The molecule has 1 unspecified atom stereocenters. The van der Waals surface area contributed by atoms with Crippen molar-refractivity contribution >= 4 is 23.1 Å². The molecule has 2 aromatic rings. The van der Waals surface area contributed by atoms with E-state index in [1.165, 1.54) is 21.8 Å². The van der Waals surface area contributed by atoms with Crippen LogP contribution in [0.2, 0.25) is 0 Å². The first-order chi connectivity index (χ1) is 8.69. The molecule has 3 nitrogen and oxygen atoms in total. The Hall–Kier alpha value is -1.04. The number of aromatic amines is 1. The lowest BCUT2D eigenvalue weighted by Gasteiger charge is -2.13. The van der Waals surface area contributed by atoms with Crippen molar-refractivity contribution in [1.82, 2.24) is 10.3 Å². The van der Waals surface area contributed by atoms with Gasteiger partial charge in [-0.15, -0.1) is 11.8 Å². The molecule has 96 valence electrons. The molecule has 1 heterocycles. The number of nitrogens with one attached hydrogen (secondary N) is 2. The Morgan fingerprint density at radius 1 is 1.39 bits per heavy atom. The lowest BCUT2D eigenvalue weighted by Crippen LogP contribution is -2.18. The fourth-order valence-corrected chi connectivity index (χ4v) is 2.66. The van der Waals surface area contributed by atoms with Gasteiger partial charge < -0.3 is 10.3 Å². The molecule has 0 bridgehead atoms. The van der Waals surface area contributed by atoms with Gasteiger partial charge in [0.15, 0.2) is 0 Å². The van der Waals surface area contributed by atoms with E-state index in [0.29, 0.717) is 6.54 Å². The van der Waals surface area contributed by atoms with E-state index in [0.717, 1.165) is 5.69 Å². The third kappa shape index (κ3) is 3.48. The molecule has 2 rings (SSSR count). The van der Waals surface area contributed by atoms with E-state index in [1.54, 1.807) is 11.8 Å². The fraction of sp³-hybridized carbons (Fsp3) is 0.308. The maximum Gasteiger partial charge on any atom is 0.304 e. The topological polar surface area (TPSA) is 44.9 Å². The van der Waals surface area contributed by atoms with E-state index < -0.39 is 0 Å². The predicted molar refractivity (Wildman–Crippen MR) is 78.4 cm³/mol. The number of rotatable bonds is 5. The summed E-state index contributed by atoms with van der Waals surface area (Å²) in [5, 5.41) is 5.26. The molecule has 1 atom stereocenters. The largest absolute Gasteiger partial charge is 0.315 e. The zero-order valence-electron chi connectivity index (χ0n) is 10.4. The summed E-state index contributed by atoms with van der Waals surface area (Å²) in [6.07, 6.45) is 2.07. The highest BCUT2D eigenvalue weighted by atomic mass is 32.2. The van der Waals surface area contributed by atoms with E-state index in [9.17, 15) is 4.79 Å². The lowest BCUT2D eigenvalue weighted by molar-refractivity contribution is 0.568. The number of aromatic nitrogens is 1. The van der Waals surface area contributed by atoms with Gasteiger partial charge in [-0.3, -0.25) is 4.79 Å². The van der Waals surface area contributed by atoms with Crippen LogP contribution in [-0.4, -0.2) is 11.2 Å². The number of thiazole rings is 1. The van der Waals surface area contributed by atoms with Crippen LogP contribution in [0.25, 0.3) is 0 Å². The zero-order valence-corrected chi connectivity index (χ0v) is 12.0. The number of hydrogen-bond donors (Lipinski definition) is 2. The van der Waals surface area contributed by atoms with Crippen LogP contribution in [0.3, 0.4) is 0 Å². The number of hydrogen-bond acceptors (Lipinski definition) is 4. The highest BCUT2D eigenvalue weighted by molar-refractivity contribution is 7.98. The highest BCUT2D eigenvalue weighted by Gasteiger charge is 2.05. The molecule has 0 spiro atoms.